The molecule has 2 aromatic heterocycles. The number of hydrogen-bond donors (Lipinski definition) is 2. The highest BCUT2D eigenvalue weighted by Gasteiger charge is 2.31. The normalized spacial score (nSPS) is 18.7. The summed E-state index contributed by atoms with van der Waals surface area (Å²) in [4.78, 5) is 44.1. The second-order valence-electron chi connectivity index (χ2n) is 10.6. The van der Waals surface area contributed by atoms with Gasteiger partial charge in [0.25, 0.3) is 5.91 Å². The number of benzene rings is 1. The van der Waals surface area contributed by atoms with Crippen LogP contribution in [0.25, 0.3) is 11.3 Å². The number of rotatable bonds is 8. The molecule has 1 aromatic carbocycles. The molecule has 0 bridgehead atoms. The highest BCUT2D eigenvalue weighted by Crippen LogP contribution is 2.37. The predicted molar refractivity (Wildman–Crippen MR) is 153 cm³/mol. The average molecular weight is 604 g/mol. The van der Waals surface area contributed by atoms with E-state index in [0.29, 0.717) is 55.8 Å². The first kappa shape index (κ1) is 29.9. The number of alkyl halides is 3. The maximum Gasteiger partial charge on any atom is 0.416 e. The number of nitrogens with one attached hydrogen (secondary N) is 1. The fourth-order valence-electron chi connectivity index (χ4n) is 5.25. The third-order valence-electron chi connectivity index (χ3n) is 7.59. The van der Waals surface area contributed by atoms with Gasteiger partial charge >= 0.3 is 12.1 Å². The van der Waals surface area contributed by atoms with Crippen LogP contribution in [0.3, 0.4) is 0 Å². The number of carboxylic acids is 1. The van der Waals surface area contributed by atoms with Crippen LogP contribution in [-0.4, -0.2) is 87.0 Å². The van der Waals surface area contributed by atoms with E-state index in [9.17, 15) is 22.8 Å². The number of carboxylic acid groups (broad SMARTS) is 1. The van der Waals surface area contributed by atoms with E-state index < -0.39 is 23.6 Å². The van der Waals surface area contributed by atoms with Gasteiger partial charge in [-0.05, 0) is 38.4 Å². The van der Waals surface area contributed by atoms with Crippen LogP contribution in [0.15, 0.2) is 36.7 Å². The Morgan fingerprint density at radius 1 is 1.10 bits per heavy atom. The van der Waals surface area contributed by atoms with E-state index in [2.05, 4.69) is 32.1 Å². The molecule has 0 saturated carbocycles. The molecule has 0 radical (unpaired) electrons. The van der Waals surface area contributed by atoms with E-state index >= 15 is 0 Å². The van der Waals surface area contributed by atoms with Crippen molar-refractivity contribution >= 4 is 34.2 Å². The van der Waals surface area contributed by atoms with E-state index in [0.717, 1.165) is 42.8 Å². The summed E-state index contributed by atoms with van der Waals surface area (Å²) in [5.74, 6) is -0.808. The Morgan fingerprint density at radius 2 is 1.88 bits per heavy atom. The van der Waals surface area contributed by atoms with Crippen LogP contribution in [0.1, 0.15) is 47.1 Å². The minimum absolute atomic E-state index is 0.0103. The lowest BCUT2D eigenvalue weighted by atomic mass is 10.0. The minimum Gasteiger partial charge on any atom is -0.480 e. The van der Waals surface area contributed by atoms with E-state index in [1.54, 1.807) is 6.07 Å². The number of aliphatic carboxylic acids is 1. The van der Waals surface area contributed by atoms with Gasteiger partial charge in [-0.1, -0.05) is 29.9 Å². The number of piperazine rings is 1. The van der Waals surface area contributed by atoms with Crippen LogP contribution in [0.5, 0.6) is 0 Å². The Hall–Kier alpha value is -3.62. The number of aromatic nitrogens is 3. The third-order valence-corrected chi connectivity index (χ3v) is 8.55. The molecule has 14 heteroatoms. The molecule has 2 fully saturated rings. The SMILES string of the molecule is C[C@@H]1CCCCN1Cc1sc(NC(=O)c2cnc(N3CCN(CC(=O)O)CC3)cn2)nc1-c1cccc(C(F)(F)F)c1. The fourth-order valence-corrected chi connectivity index (χ4v) is 6.25. The van der Waals surface area contributed by atoms with Gasteiger partial charge in [-0.3, -0.25) is 24.7 Å². The zero-order valence-corrected chi connectivity index (χ0v) is 23.9. The molecule has 10 nitrogen and oxygen atoms in total. The van der Waals surface area contributed by atoms with Crippen molar-refractivity contribution in [1.82, 2.24) is 24.8 Å². The first-order valence-electron chi connectivity index (χ1n) is 13.8. The van der Waals surface area contributed by atoms with Crippen molar-refractivity contribution in [3.05, 3.63) is 52.8 Å². The van der Waals surface area contributed by atoms with Gasteiger partial charge in [0.1, 0.15) is 11.5 Å². The van der Waals surface area contributed by atoms with Crippen molar-refractivity contribution in [3.63, 3.8) is 0 Å². The molecule has 1 atom stereocenters. The number of anilines is 2. The lowest BCUT2D eigenvalue weighted by Crippen LogP contribution is -2.48. The highest BCUT2D eigenvalue weighted by molar-refractivity contribution is 7.16. The molecule has 42 heavy (non-hydrogen) atoms. The Balaban J connectivity index is 1.32. The van der Waals surface area contributed by atoms with Crippen LogP contribution in [0.4, 0.5) is 24.1 Å². The summed E-state index contributed by atoms with van der Waals surface area (Å²) in [5.41, 5.74) is 0.0799. The lowest BCUT2D eigenvalue weighted by molar-refractivity contribution is -0.139. The van der Waals surface area contributed by atoms with Crippen LogP contribution in [0, 0.1) is 0 Å². The Labute approximate surface area is 245 Å². The Kier molecular flexibility index (Phi) is 9.04. The molecule has 3 aromatic rings. The molecule has 0 unspecified atom stereocenters. The van der Waals surface area contributed by atoms with Crippen LogP contribution >= 0.6 is 11.3 Å². The number of nitrogens with zero attached hydrogens (tertiary/aromatic N) is 6. The standard InChI is InChI=1S/C28H32F3N7O3S/c1-18-5-2-3-8-38(18)16-22-25(19-6-4-7-20(13-19)28(29,30)31)34-27(42-22)35-26(41)21-14-33-23(15-32-21)37-11-9-36(10-12-37)17-24(39)40/h4,6-7,13-15,18H,2-3,5,8-12,16-17H2,1H3,(H,39,40)(H,34,35,41)/t18-/m1/s1. The minimum atomic E-state index is -4.48. The van der Waals surface area contributed by atoms with Gasteiger partial charge in [-0.25, -0.2) is 15.0 Å². The molecule has 0 aliphatic carbocycles. The van der Waals surface area contributed by atoms with E-state index in [-0.39, 0.29) is 17.4 Å². The summed E-state index contributed by atoms with van der Waals surface area (Å²) in [6.07, 6.45) is 1.63. The quantitative estimate of drug-likeness (QED) is 0.385. The highest BCUT2D eigenvalue weighted by atomic mass is 32.1. The summed E-state index contributed by atoms with van der Waals surface area (Å²) >= 11 is 1.25. The number of halogens is 3. The number of thiazole rings is 1. The number of hydrogen-bond acceptors (Lipinski definition) is 9. The summed E-state index contributed by atoms with van der Waals surface area (Å²) in [6.45, 7) is 5.87. The molecular formula is C28H32F3N7O3S. The third kappa shape index (κ3) is 7.23. The van der Waals surface area contributed by atoms with Crippen molar-refractivity contribution in [3.8, 4) is 11.3 Å². The number of likely N-dealkylation sites (tertiary alicyclic amines) is 1. The molecule has 2 aliphatic heterocycles. The van der Waals surface area contributed by atoms with Crippen molar-refractivity contribution in [2.75, 3.05) is 49.5 Å². The van der Waals surface area contributed by atoms with Gasteiger partial charge < -0.3 is 10.0 Å². The predicted octanol–water partition coefficient (Wildman–Crippen LogP) is 4.45. The largest absolute Gasteiger partial charge is 0.480 e. The topological polar surface area (TPSA) is 115 Å². The molecular weight excluding hydrogens is 571 g/mol. The zero-order chi connectivity index (χ0) is 29.9. The molecule has 2 aliphatic rings. The van der Waals surface area contributed by atoms with E-state index in [4.69, 9.17) is 5.11 Å². The lowest BCUT2D eigenvalue weighted by Gasteiger charge is -2.34. The number of piperidine rings is 1. The van der Waals surface area contributed by atoms with Crippen molar-refractivity contribution in [2.45, 2.75) is 44.9 Å². The number of amides is 1. The van der Waals surface area contributed by atoms with Gasteiger partial charge in [0.05, 0.1) is 30.2 Å². The summed E-state index contributed by atoms with van der Waals surface area (Å²) in [6, 6.07) is 5.43. The van der Waals surface area contributed by atoms with Crippen molar-refractivity contribution < 1.29 is 27.9 Å². The molecule has 1 amide bonds. The molecule has 4 heterocycles. The van der Waals surface area contributed by atoms with Gasteiger partial charge in [-0.15, -0.1) is 0 Å². The molecule has 2 N–H and O–H groups in total. The summed E-state index contributed by atoms with van der Waals surface area (Å²) < 4.78 is 40.4. The Bertz CT molecular complexity index is 1410. The van der Waals surface area contributed by atoms with Crippen LogP contribution < -0.4 is 10.2 Å². The van der Waals surface area contributed by atoms with Gasteiger partial charge in [0.2, 0.25) is 0 Å². The van der Waals surface area contributed by atoms with Crippen molar-refractivity contribution in [2.24, 2.45) is 0 Å². The monoisotopic (exact) mass is 603 g/mol. The van der Waals surface area contributed by atoms with Gasteiger partial charge in [0.15, 0.2) is 5.13 Å². The van der Waals surface area contributed by atoms with E-state index in [1.807, 2.05) is 9.80 Å². The smallest absolute Gasteiger partial charge is 0.416 e. The molecule has 224 valence electrons. The first-order valence-corrected chi connectivity index (χ1v) is 14.6. The molecule has 0 spiro atoms. The van der Waals surface area contributed by atoms with Gasteiger partial charge in [0, 0.05) is 49.2 Å². The van der Waals surface area contributed by atoms with Crippen molar-refractivity contribution in [1.29, 1.82) is 0 Å². The maximum atomic E-state index is 13.5. The molecule has 5 rings (SSSR count). The fraction of sp³-hybridized carbons (Fsp3) is 0.464. The first-order chi connectivity index (χ1) is 20.1. The Morgan fingerprint density at radius 3 is 2.55 bits per heavy atom. The molecule has 2 saturated heterocycles. The van der Waals surface area contributed by atoms with E-state index in [1.165, 1.54) is 29.8 Å². The number of carbonyl (C=O) groups is 2. The summed E-state index contributed by atoms with van der Waals surface area (Å²) in [7, 11) is 0. The zero-order valence-electron chi connectivity index (χ0n) is 23.1. The maximum absolute atomic E-state index is 13.5. The summed E-state index contributed by atoms with van der Waals surface area (Å²) in [5, 5.41) is 12.0. The van der Waals surface area contributed by atoms with Crippen LogP contribution in [-0.2, 0) is 17.5 Å². The number of carbonyl (C=O) groups excluding carboxylic acids is 1. The van der Waals surface area contributed by atoms with Crippen LogP contribution in [0.2, 0.25) is 0 Å². The second kappa shape index (κ2) is 12.7. The van der Waals surface area contributed by atoms with Gasteiger partial charge in [-0.2, -0.15) is 13.2 Å². The second-order valence-corrected chi connectivity index (χ2v) is 11.6. The average Bonchev–Trinajstić information content (AvgIpc) is 3.36.